The van der Waals surface area contributed by atoms with Gasteiger partial charge in [0.2, 0.25) is 0 Å². The third-order valence-corrected chi connectivity index (χ3v) is 6.22. The van der Waals surface area contributed by atoms with E-state index < -0.39 is 29.9 Å². The van der Waals surface area contributed by atoms with E-state index in [4.69, 9.17) is 0 Å². The molecule has 4 aromatic rings. The zero-order chi connectivity index (χ0) is 23.6. The van der Waals surface area contributed by atoms with Crippen LogP contribution in [0.3, 0.4) is 0 Å². The fraction of sp³-hybridized carbons (Fsp3) is 0.273. The maximum atomic E-state index is 13.0. The summed E-state index contributed by atoms with van der Waals surface area (Å²) in [6.45, 7) is 0. The number of halogens is 3. The zero-order valence-corrected chi connectivity index (χ0v) is 17.4. The molecule has 0 amide bonds. The van der Waals surface area contributed by atoms with E-state index in [2.05, 4.69) is 30.0 Å². The highest BCUT2D eigenvalue weighted by atomic mass is 19.4. The highest BCUT2D eigenvalue weighted by Crippen LogP contribution is 2.55. The Labute approximate surface area is 188 Å². The van der Waals surface area contributed by atoms with E-state index in [9.17, 15) is 22.8 Å². The van der Waals surface area contributed by atoms with Crippen LogP contribution in [0, 0.1) is 0 Å². The van der Waals surface area contributed by atoms with E-state index >= 15 is 0 Å². The number of pyridine rings is 1. The van der Waals surface area contributed by atoms with Crippen LogP contribution >= 0.6 is 0 Å². The lowest BCUT2D eigenvalue weighted by Crippen LogP contribution is -2.23. The van der Waals surface area contributed by atoms with Crippen molar-refractivity contribution in [3.05, 3.63) is 80.1 Å². The standard InChI is InChI=1S/C22H16F3N7O2/c23-22(24,25)6-18-11-4-16(27-7-10(11)8-28-18)13-3-12(13)14-5-17(31-32-2-1-26-19(14)32)15-9-29-21(34)30-20(15)33/h1-2,4-5,7-9,12-13,18H,3,6H2,(H2,29,30,33,34)/t12-,13-,18?/m0/s1. The molecule has 0 bridgehead atoms. The van der Waals surface area contributed by atoms with Gasteiger partial charge in [-0.05, 0) is 30.0 Å². The normalized spacial score (nSPS) is 21.2. The van der Waals surface area contributed by atoms with Crippen LogP contribution < -0.4 is 11.2 Å². The second-order valence-electron chi connectivity index (χ2n) is 8.47. The summed E-state index contributed by atoms with van der Waals surface area (Å²) in [5, 5.41) is 4.43. The van der Waals surface area contributed by atoms with Crippen LogP contribution in [-0.4, -0.2) is 41.9 Å². The van der Waals surface area contributed by atoms with Crippen molar-refractivity contribution in [3.8, 4) is 11.3 Å². The quantitative estimate of drug-likeness (QED) is 0.478. The topological polar surface area (TPSA) is 121 Å². The van der Waals surface area contributed by atoms with Crippen LogP contribution in [-0.2, 0) is 0 Å². The van der Waals surface area contributed by atoms with E-state index in [1.54, 1.807) is 35.2 Å². The predicted octanol–water partition coefficient (Wildman–Crippen LogP) is 2.87. The number of hydrogen-bond donors (Lipinski definition) is 2. The molecule has 9 nitrogen and oxygen atoms in total. The van der Waals surface area contributed by atoms with Gasteiger partial charge in [-0.25, -0.2) is 14.3 Å². The van der Waals surface area contributed by atoms with E-state index in [1.807, 2.05) is 0 Å². The fourth-order valence-corrected chi connectivity index (χ4v) is 4.54. The van der Waals surface area contributed by atoms with Gasteiger partial charge in [0.25, 0.3) is 5.56 Å². The number of H-pyrrole nitrogens is 2. The molecule has 0 aromatic carbocycles. The molecule has 1 aliphatic carbocycles. The van der Waals surface area contributed by atoms with Crippen molar-refractivity contribution in [2.24, 2.45) is 4.99 Å². The van der Waals surface area contributed by atoms with Gasteiger partial charge < -0.3 is 4.98 Å². The number of imidazole rings is 1. The molecule has 172 valence electrons. The number of nitrogens with one attached hydrogen (secondary N) is 2. The molecule has 34 heavy (non-hydrogen) atoms. The largest absolute Gasteiger partial charge is 0.391 e. The number of rotatable bonds is 4. The van der Waals surface area contributed by atoms with Crippen molar-refractivity contribution in [3.63, 3.8) is 0 Å². The summed E-state index contributed by atoms with van der Waals surface area (Å²) in [4.78, 5) is 41.2. The minimum absolute atomic E-state index is 0.00225. The van der Waals surface area contributed by atoms with Crippen LogP contribution in [0.5, 0.6) is 0 Å². The lowest BCUT2D eigenvalue weighted by atomic mass is 10.00. The second kappa shape index (κ2) is 7.20. The molecule has 1 fully saturated rings. The molecular formula is C22H16F3N7O2. The fourth-order valence-electron chi connectivity index (χ4n) is 4.54. The first kappa shape index (κ1) is 20.5. The summed E-state index contributed by atoms with van der Waals surface area (Å²) in [6, 6.07) is 2.53. The van der Waals surface area contributed by atoms with Crippen LogP contribution in [0.25, 0.3) is 16.9 Å². The first-order valence-electron chi connectivity index (χ1n) is 10.5. The van der Waals surface area contributed by atoms with Gasteiger partial charge >= 0.3 is 11.9 Å². The minimum atomic E-state index is -4.31. The Morgan fingerprint density at radius 1 is 1.12 bits per heavy atom. The second-order valence-corrected chi connectivity index (χ2v) is 8.47. The summed E-state index contributed by atoms with van der Waals surface area (Å²) < 4.78 is 40.4. The van der Waals surface area contributed by atoms with Crippen LogP contribution in [0.15, 0.2) is 51.5 Å². The number of alkyl halides is 3. The molecule has 1 saturated carbocycles. The Bertz CT molecular complexity index is 1580. The minimum Gasteiger partial charge on any atom is -0.313 e. The number of aliphatic imine (C=N–C) groups is 1. The highest BCUT2D eigenvalue weighted by Gasteiger charge is 2.43. The molecule has 0 radical (unpaired) electrons. The Morgan fingerprint density at radius 3 is 2.76 bits per heavy atom. The Morgan fingerprint density at radius 2 is 1.97 bits per heavy atom. The summed E-state index contributed by atoms with van der Waals surface area (Å²) in [5.41, 5.74) is 2.70. The molecule has 2 N–H and O–H groups in total. The van der Waals surface area contributed by atoms with E-state index in [-0.39, 0.29) is 17.4 Å². The van der Waals surface area contributed by atoms with E-state index in [1.165, 1.54) is 12.4 Å². The van der Waals surface area contributed by atoms with Crippen LogP contribution in [0.2, 0.25) is 0 Å². The van der Waals surface area contributed by atoms with Crippen LogP contribution in [0.4, 0.5) is 13.2 Å². The lowest BCUT2D eigenvalue weighted by Gasteiger charge is -2.13. The lowest BCUT2D eigenvalue weighted by molar-refractivity contribution is -0.138. The van der Waals surface area contributed by atoms with Gasteiger partial charge in [-0.2, -0.15) is 18.3 Å². The molecule has 5 heterocycles. The van der Waals surface area contributed by atoms with E-state index in [0.29, 0.717) is 28.2 Å². The Hall–Kier alpha value is -4.09. The highest BCUT2D eigenvalue weighted by molar-refractivity contribution is 5.85. The average Bonchev–Trinajstić information content (AvgIpc) is 3.26. The molecule has 3 atom stereocenters. The van der Waals surface area contributed by atoms with E-state index in [0.717, 1.165) is 12.0 Å². The third kappa shape index (κ3) is 3.51. The third-order valence-electron chi connectivity index (χ3n) is 6.22. The molecule has 1 aliphatic heterocycles. The SMILES string of the molecule is O=c1[nH]cc(-c2cc([C@H]3C[C@@H]3c3cc4c(cn3)C=NC4CC(F)(F)F)c3nccn3n2)c(=O)[nH]1. The summed E-state index contributed by atoms with van der Waals surface area (Å²) in [7, 11) is 0. The van der Waals surface area contributed by atoms with Gasteiger partial charge in [-0.3, -0.25) is 19.8 Å². The summed E-state index contributed by atoms with van der Waals surface area (Å²) in [6.07, 6.45) is 2.98. The smallest absolute Gasteiger partial charge is 0.313 e. The van der Waals surface area contributed by atoms with Crippen molar-refractivity contribution in [2.75, 3.05) is 0 Å². The van der Waals surface area contributed by atoms with Gasteiger partial charge in [0.05, 0.1) is 23.7 Å². The Balaban J connectivity index is 1.35. The first-order valence-corrected chi connectivity index (χ1v) is 10.5. The molecule has 0 saturated heterocycles. The van der Waals surface area contributed by atoms with Crippen molar-refractivity contribution < 1.29 is 13.2 Å². The number of fused-ring (bicyclic) bond motifs is 2. The van der Waals surface area contributed by atoms with Crippen molar-refractivity contribution in [1.82, 2.24) is 29.5 Å². The average molecular weight is 467 g/mol. The van der Waals surface area contributed by atoms with Gasteiger partial charge in [-0.1, -0.05) is 0 Å². The first-order chi connectivity index (χ1) is 16.3. The molecule has 6 rings (SSSR count). The molecule has 2 aliphatic rings. The monoisotopic (exact) mass is 467 g/mol. The summed E-state index contributed by atoms with van der Waals surface area (Å²) >= 11 is 0. The van der Waals surface area contributed by atoms with Gasteiger partial charge in [0.15, 0.2) is 5.65 Å². The summed E-state index contributed by atoms with van der Waals surface area (Å²) in [5.74, 6) is -0.00974. The number of nitrogens with zero attached hydrogens (tertiary/aromatic N) is 5. The maximum absolute atomic E-state index is 13.0. The van der Waals surface area contributed by atoms with Gasteiger partial charge in [0.1, 0.15) is 0 Å². The number of hydrogen-bond acceptors (Lipinski definition) is 6. The predicted molar refractivity (Wildman–Crippen MR) is 115 cm³/mol. The molecular weight excluding hydrogens is 451 g/mol. The van der Waals surface area contributed by atoms with Crippen molar-refractivity contribution in [1.29, 1.82) is 0 Å². The zero-order valence-electron chi connectivity index (χ0n) is 17.4. The van der Waals surface area contributed by atoms with Crippen molar-refractivity contribution >= 4 is 11.9 Å². The maximum Gasteiger partial charge on any atom is 0.391 e. The molecule has 1 unspecified atom stereocenters. The number of aromatic nitrogens is 6. The van der Waals surface area contributed by atoms with Crippen molar-refractivity contribution in [2.45, 2.75) is 36.9 Å². The van der Waals surface area contributed by atoms with Gasteiger partial charge in [0, 0.05) is 53.7 Å². The molecule has 0 spiro atoms. The molecule has 4 aromatic heterocycles. The molecule has 12 heteroatoms. The Kier molecular flexibility index (Phi) is 4.35. The number of aromatic amines is 2. The van der Waals surface area contributed by atoms with Crippen LogP contribution in [0.1, 0.15) is 53.1 Å². The van der Waals surface area contributed by atoms with Gasteiger partial charge in [-0.15, -0.1) is 0 Å².